The number of benzene rings is 1. The van der Waals surface area contributed by atoms with Gasteiger partial charge in [0.15, 0.2) is 0 Å². The molecule has 2 aromatic rings. The average molecular weight is 357 g/mol. The third kappa shape index (κ3) is 2.69. The summed E-state index contributed by atoms with van der Waals surface area (Å²) < 4.78 is 0.890. The van der Waals surface area contributed by atoms with Gasteiger partial charge in [-0.25, -0.2) is 0 Å². The minimum Gasteiger partial charge on any atom is -0.356 e. The van der Waals surface area contributed by atoms with Gasteiger partial charge in [0.25, 0.3) is 5.91 Å². The average Bonchev–Trinajstić information content (AvgIpc) is 2.74. The van der Waals surface area contributed by atoms with Crippen LogP contribution in [0.1, 0.15) is 16.6 Å². The van der Waals surface area contributed by atoms with Crippen LogP contribution in [-0.2, 0) is 4.79 Å². The van der Waals surface area contributed by atoms with Gasteiger partial charge in [-0.1, -0.05) is 29.3 Å². The normalized spacial score (nSPS) is 15.0. The third-order valence-electron chi connectivity index (χ3n) is 3.68. The molecule has 0 aliphatic carbocycles. The highest BCUT2D eigenvalue weighted by Crippen LogP contribution is 2.38. The number of nitrogens with zero attached hydrogens (tertiary/aromatic N) is 1. The summed E-state index contributed by atoms with van der Waals surface area (Å²) in [4.78, 5) is 26.4. The molecule has 1 aliphatic rings. The molecule has 1 aliphatic heterocycles. The molecule has 4 nitrogen and oxygen atoms in total. The van der Waals surface area contributed by atoms with E-state index in [1.807, 2.05) is 13.0 Å². The highest BCUT2D eigenvalue weighted by atomic mass is 35.5. The first-order valence-electron chi connectivity index (χ1n) is 6.95. The van der Waals surface area contributed by atoms with E-state index < -0.39 is 0 Å². The second-order valence-electron chi connectivity index (χ2n) is 5.19. The molecule has 1 fully saturated rings. The first-order valence-corrected chi connectivity index (χ1v) is 8.53. The molecule has 22 heavy (non-hydrogen) atoms. The Morgan fingerprint density at radius 1 is 1.36 bits per heavy atom. The number of carbonyl (C=O) groups excluding carboxylic acids is 2. The van der Waals surface area contributed by atoms with E-state index in [1.54, 1.807) is 17.0 Å². The van der Waals surface area contributed by atoms with Crippen LogP contribution in [0.2, 0.25) is 10.0 Å². The fourth-order valence-corrected chi connectivity index (χ4v) is 4.20. The Labute approximate surface area is 142 Å². The predicted octanol–water partition coefficient (Wildman–Crippen LogP) is 3.42. The van der Waals surface area contributed by atoms with Crippen LogP contribution in [0.5, 0.6) is 0 Å². The van der Waals surface area contributed by atoms with Gasteiger partial charge in [0.05, 0.1) is 10.9 Å². The summed E-state index contributed by atoms with van der Waals surface area (Å²) in [7, 11) is 0. The SMILES string of the molecule is CCNC(=O)C1CN(C(=O)c2sc3cc(Cl)ccc3c2Cl)C1. The highest BCUT2D eigenvalue weighted by Gasteiger charge is 2.37. The monoisotopic (exact) mass is 356 g/mol. The van der Waals surface area contributed by atoms with Crippen molar-refractivity contribution < 1.29 is 9.59 Å². The molecule has 1 aromatic carbocycles. The van der Waals surface area contributed by atoms with Crippen molar-refractivity contribution in [3.05, 3.63) is 33.1 Å². The molecule has 1 N–H and O–H groups in total. The summed E-state index contributed by atoms with van der Waals surface area (Å²) in [6.45, 7) is 3.36. The molecule has 1 aromatic heterocycles. The maximum absolute atomic E-state index is 12.5. The van der Waals surface area contributed by atoms with Crippen LogP contribution in [0.25, 0.3) is 10.1 Å². The summed E-state index contributed by atoms with van der Waals surface area (Å²) in [5, 5.41) is 4.68. The number of carbonyl (C=O) groups is 2. The molecule has 2 amide bonds. The Bertz CT molecular complexity index is 753. The number of fused-ring (bicyclic) bond motifs is 1. The smallest absolute Gasteiger partial charge is 0.265 e. The van der Waals surface area contributed by atoms with Crippen molar-refractivity contribution in [3.8, 4) is 0 Å². The number of hydrogen-bond acceptors (Lipinski definition) is 3. The first-order chi connectivity index (χ1) is 10.5. The molecule has 2 heterocycles. The van der Waals surface area contributed by atoms with Crippen LogP contribution in [0.3, 0.4) is 0 Å². The number of halogens is 2. The number of amides is 2. The fourth-order valence-electron chi connectivity index (χ4n) is 2.45. The van der Waals surface area contributed by atoms with Crippen molar-refractivity contribution in [3.63, 3.8) is 0 Å². The summed E-state index contributed by atoms with van der Waals surface area (Å²) in [5.41, 5.74) is 0. The largest absolute Gasteiger partial charge is 0.356 e. The Kier molecular flexibility index (Phi) is 4.30. The van der Waals surface area contributed by atoms with Crippen molar-refractivity contribution in [2.24, 2.45) is 5.92 Å². The third-order valence-corrected chi connectivity index (χ3v) is 5.56. The topological polar surface area (TPSA) is 49.4 Å². The van der Waals surface area contributed by atoms with E-state index in [2.05, 4.69) is 5.32 Å². The van der Waals surface area contributed by atoms with Crippen molar-refractivity contribution in [1.82, 2.24) is 10.2 Å². The zero-order valence-corrected chi connectivity index (χ0v) is 14.2. The van der Waals surface area contributed by atoms with E-state index in [0.717, 1.165) is 10.1 Å². The molecule has 0 saturated carbocycles. The van der Waals surface area contributed by atoms with Crippen molar-refractivity contribution in [2.75, 3.05) is 19.6 Å². The van der Waals surface area contributed by atoms with Crippen LogP contribution in [0.4, 0.5) is 0 Å². The maximum atomic E-state index is 12.5. The number of thiophene rings is 1. The predicted molar refractivity (Wildman–Crippen MR) is 89.9 cm³/mol. The molecule has 1 saturated heterocycles. The van der Waals surface area contributed by atoms with Gasteiger partial charge in [0, 0.05) is 34.7 Å². The van der Waals surface area contributed by atoms with E-state index >= 15 is 0 Å². The van der Waals surface area contributed by atoms with Crippen LogP contribution >= 0.6 is 34.5 Å². The quantitative estimate of drug-likeness (QED) is 0.915. The van der Waals surface area contributed by atoms with E-state index in [0.29, 0.717) is 34.6 Å². The maximum Gasteiger partial charge on any atom is 0.265 e. The number of nitrogens with one attached hydrogen (secondary N) is 1. The first kappa shape index (κ1) is 15.6. The molecule has 0 bridgehead atoms. The standard InChI is InChI=1S/C15H14Cl2N2O2S/c1-2-18-14(20)8-6-19(7-8)15(21)13-12(17)10-4-3-9(16)5-11(10)22-13/h3-5,8H,2,6-7H2,1H3,(H,18,20). The molecule has 0 unspecified atom stereocenters. The Morgan fingerprint density at radius 3 is 2.77 bits per heavy atom. The van der Waals surface area contributed by atoms with Gasteiger partial charge in [-0.15, -0.1) is 11.3 Å². The Morgan fingerprint density at radius 2 is 2.09 bits per heavy atom. The molecule has 116 valence electrons. The van der Waals surface area contributed by atoms with Crippen molar-refractivity contribution >= 4 is 56.4 Å². The van der Waals surface area contributed by atoms with Gasteiger partial charge in [-0.3, -0.25) is 9.59 Å². The molecule has 0 spiro atoms. The second kappa shape index (κ2) is 6.07. The zero-order valence-electron chi connectivity index (χ0n) is 11.9. The van der Waals surface area contributed by atoms with Gasteiger partial charge in [-0.05, 0) is 19.1 Å². The molecule has 0 atom stereocenters. The van der Waals surface area contributed by atoms with Gasteiger partial charge < -0.3 is 10.2 Å². The lowest BCUT2D eigenvalue weighted by Crippen LogP contribution is -2.55. The minimum atomic E-state index is -0.122. The highest BCUT2D eigenvalue weighted by molar-refractivity contribution is 7.21. The summed E-state index contributed by atoms with van der Waals surface area (Å²) in [5.74, 6) is -0.241. The van der Waals surface area contributed by atoms with E-state index in [1.165, 1.54) is 11.3 Å². The van der Waals surface area contributed by atoms with Gasteiger partial charge in [0.2, 0.25) is 5.91 Å². The van der Waals surface area contributed by atoms with E-state index in [4.69, 9.17) is 23.2 Å². The van der Waals surface area contributed by atoms with Crippen LogP contribution in [0.15, 0.2) is 18.2 Å². The molecular weight excluding hydrogens is 343 g/mol. The lowest BCUT2D eigenvalue weighted by atomic mass is 9.99. The Hall–Kier alpha value is -1.30. The zero-order chi connectivity index (χ0) is 15.9. The van der Waals surface area contributed by atoms with Gasteiger partial charge >= 0.3 is 0 Å². The van der Waals surface area contributed by atoms with Gasteiger partial charge in [0.1, 0.15) is 4.88 Å². The number of likely N-dealkylation sites (tertiary alicyclic amines) is 1. The number of rotatable bonds is 3. The molecule has 0 radical (unpaired) electrons. The lowest BCUT2D eigenvalue weighted by Gasteiger charge is -2.37. The van der Waals surface area contributed by atoms with Crippen molar-refractivity contribution in [2.45, 2.75) is 6.92 Å². The molecule has 3 rings (SSSR count). The van der Waals surface area contributed by atoms with Crippen LogP contribution in [0, 0.1) is 5.92 Å². The van der Waals surface area contributed by atoms with E-state index in [9.17, 15) is 9.59 Å². The minimum absolute atomic E-state index is 0.000712. The van der Waals surface area contributed by atoms with Crippen molar-refractivity contribution in [1.29, 1.82) is 0 Å². The summed E-state index contributed by atoms with van der Waals surface area (Å²) in [6, 6.07) is 5.38. The summed E-state index contributed by atoms with van der Waals surface area (Å²) in [6.07, 6.45) is 0. The molecule has 7 heteroatoms. The second-order valence-corrected chi connectivity index (χ2v) is 7.05. The number of hydrogen-bond donors (Lipinski definition) is 1. The summed E-state index contributed by atoms with van der Waals surface area (Å²) >= 11 is 13.6. The van der Waals surface area contributed by atoms with Crippen LogP contribution in [-0.4, -0.2) is 36.3 Å². The van der Waals surface area contributed by atoms with Crippen LogP contribution < -0.4 is 5.32 Å². The van der Waals surface area contributed by atoms with E-state index in [-0.39, 0.29) is 17.7 Å². The Balaban J connectivity index is 1.77. The fraction of sp³-hybridized carbons (Fsp3) is 0.333. The molecular formula is C15H14Cl2N2O2S. The lowest BCUT2D eigenvalue weighted by molar-refractivity contribution is -0.128. The van der Waals surface area contributed by atoms with Gasteiger partial charge in [-0.2, -0.15) is 0 Å².